The Kier molecular flexibility index (Phi) is 7.01. The molecule has 2 aromatic heterocycles. The maximum atomic E-state index is 6.73. The molecule has 0 N–H and O–H groups in total. The summed E-state index contributed by atoms with van der Waals surface area (Å²) in [7, 11) is 0. The van der Waals surface area contributed by atoms with Gasteiger partial charge >= 0.3 is 0 Å². The predicted octanol–water partition coefficient (Wildman–Crippen LogP) is 15.8. The molecule has 0 atom stereocenters. The molecule has 1 aliphatic carbocycles. The standard InChI is InChI=1S/C59H36N2O2/c1-2-16-37(17-3-1)60-49-26-10-5-19-40(49)41-33-32-38(36-52(41)60)61(51-27-15-31-56-58(51)44-20-6-11-28-53(44)62-56)50-35-34-42-39-18-4-7-22-45(39)59(48-25-14-21-43(50)57(42)48)46-23-8-12-29-54(46)63-55-30-13-9-24-47(55)59/h1-36H. The van der Waals surface area contributed by atoms with Crippen molar-refractivity contribution in [3.8, 4) is 28.3 Å². The van der Waals surface area contributed by atoms with Gasteiger partial charge in [-0.3, -0.25) is 0 Å². The van der Waals surface area contributed by atoms with Crippen LogP contribution in [0.25, 0.3) is 71.3 Å². The first-order valence-electron chi connectivity index (χ1n) is 21.6. The molecule has 14 rings (SSSR count). The average molecular weight is 805 g/mol. The van der Waals surface area contributed by atoms with E-state index in [9.17, 15) is 0 Å². The first-order valence-corrected chi connectivity index (χ1v) is 21.6. The molecular weight excluding hydrogens is 769 g/mol. The van der Waals surface area contributed by atoms with Crippen molar-refractivity contribution in [2.75, 3.05) is 4.90 Å². The second-order valence-corrected chi connectivity index (χ2v) is 16.7. The molecule has 0 bridgehead atoms. The molecule has 1 spiro atoms. The van der Waals surface area contributed by atoms with Crippen LogP contribution in [0.2, 0.25) is 0 Å². The van der Waals surface area contributed by atoms with Gasteiger partial charge in [-0.15, -0.1) is 0 Å². The Morgan fingerprint density at radius 1 is 0.381 bits per heavy atom. The molecule has 294 valence electrons. The Morgan fingerprint density at radius 3 is 1.86 bits per heavy atom. The number of hydrogen-bond donors (Lipinski definition) is 0. The van der Waals surface area contributed by atoms with Crippen molar-refractivity contribution in [3.05, 3.63) is 241 Å². The van der Waals surface area contributed by atoms with Crippen LogP contribution < -0.4 is 9.64 Å². The molecule has 4 nitrogen and oxygen atoms in total. The quantitative estimate of drug-likeness (QED) is 0.178. The van der Waals surface area contributed by atoms with Crippen LogP contribution in [-0.4, -0.2) is 4.57 Å². The van der Waals surface area contributed by atoms with E-state index >= 15 is 0 Å². The van der Waals surface area contributed by atoms with Crippen molar-refractivity contribution in [2.45, 2.75) is 5.41 Å². The largest absolute Gasteiger partial charge is 0.457 e. The lowest BCUT2D eigenvalue weighted by atomic mass is 9.58. The van der Waals surface area contributed by atoms with E-state index in [1.54, 1.807) is 0 Å². The molecule has 0 radical (unpaired) electrons. The number of hydrogen-bond acceptors (Lipinski definition) is 3. The summed E-state index contributed by atoms with van der Waals surface area (Å²) in [5.41, 5.74) is 14.9. The van der Waals surface area contributed by atoms with Crippen molar-refractivity contribution in [3.63, 3.8) is 0 Å². The van der Waals surface area contributed by atoms with Gasteiger partial charge in [-0.25, -0.2) is 0 Å². The van der Waals surface area contributed by atoms with Gasteiger partial charge in [0, 0.05) is 44.0 Å². The third-order valence-electron chi connectivity index (χ3n) is 13.6. The van der Waals surface area contributed by atoms with Crippen molar-refractivity contribution in [2.24, 2.45) is 0 Å². The summed E-state index contributed by atoms with van der Waals surface area (Å²) in [5.74, 6) is 1.76. The highest BCUT2D eigenvalue weighted by Crippen LogP contribution is 2.62. The minimum atomic E-state index is -0.631. The van der Waals surface area contributed by atoms with Crippen molar-refractivity contribution in [1.82, 2.24) is 4.57 Å². The summed E-state index contributed by atoms with van der Waals surface area (Å²) in [6.45, 7) is 0. The zero-order valence-electron chi connectivity index (χ0n) is 34.0. The first kappa shape index (κ1) is 34.4. The topological polar surface area (TPSA) is 30.5 Å². The zero-order valence-corrected chi connectivity index (χ0v) is 34.0. The number of ether oxygens (including phenoxy) is 1. The van der Waals surface area contributed by atoms with E-state index in [1.165, 1.54) is 43.9 Å². The Morgan fingerprint density at radius 2 is 1.02 bits per heavy atom. The van der Waals surface area contributed by atoms with Crippen LogP contribution in [0.4, 0.5) is 17.1 Å². The lowest BCUT2D eigenvalue weighted by Gasteiger charge is -2.45. The lowest BCUT2D eigenvalue weighted by molar-refractivity contribution is 0.435. The van der Waals surface area contributed by atoms with Gasteiger partial charge in [0.1, 0.15) is 22.7 Å². The average Bonchev–Trinajstić information content (AvgIpc) is 3.89. The van der Waals surface area contributed by atoms with Crippen molar-refractivity contribution >= 4 is 71.6 Å². The van der Waals surface area contributed by atoms with E-state index in [0.717, 1.165) is 78.2 Å². The Labute approximate surface area is 363 Å². The summed E-state index contributed by atoms with van der Waals surface area (Å²) in [6, 6.07) is 79.1. The monoisotopic (exact) mass is 804 g/mol. The minimum absolute atomic E-state index is 0.631. The van der Waals surface area contributed by atoms with E-state index in [0.29, 0.717) is 0 Å². The smallest absolute Gasteiger partial charge is 0.137 e. The highest BCUT2D eigenvalue weighted by Gasteiger charge is 2.49. The Hall–Kier alpha value is -8.34. The molecule has 3 heterocycles. The third kappa shape index (κ3) is 4.59. The van der Waals surface area contributed by atoms with Gasteiger partial charge in [0.15, 0.2) is 0 Å². The second kappa shape index (κ2) is 12.8. The van der Waals surface area contributed by atoms with Crippen LogP contribution >= 0.6 is 0 Å². The number of furan rings is 1. The third-order valence-corrected chi connectivity index (χ3v) is 13.6. The fourth-order valence-corrected chi connectivity index (χ4v) is 11.2. The summed E-state index contributed by atoms with van der Waals surface area (Å²) in [4.78, 5) is 2.47. The zero-order chi connectivity index (χ0) is 41.2. The molecule has 0 unspecified atom stereocenters. The van der Waals surface area contributed by atoms with Gasteiger partial charge < -0.3 is 18.6 Å². The van der Waals surface area contributed by atoms with Gasteiger partial charge in [-0.1, -0.05) is 152 Å². The van der Waals surface area contributed by atoms with Crippen LogP contribution in [0.5, 0.6) is 11.5 Å². The molecule has 0 saturated carbocycles. The van der Waals surface area contributed by atoms with Crippen LogP contribution in [0.15, 0.2) is 223 Å². The molecule has 0 saturated heterocycles. The van der Waals surface area contributed by atoms with Gasteiger partial charge in [-0.05, 0) is 94.4 Å². The Balaban J connectivity index is 1.12. The molecule has 0 fully saturated rings. The number of rotatable bonds is 4. The van der Waals surface area contributed by atoms with Crippen LogP contribution in [0.3, 0.4) is 0 Å². The fourth-order valence-electron chi connectivity index (χ4n) is 11.2. The number of benzene rings is 10. The summed E-state index contributed by atoms with van der Waals surface area (Å²) >= 11 is 0. The van der Waals surface area contributed by atoms with E-state index in [1.807, 2.05) is 6.07 Å². The second-order valence-electron chi connectivity index (χ2n) is 16.7. The summed E-state index contributed by atoms with van der Waals surface area (Å²) < 4.78 is 15.7. The van der Waals surface area contributed by atoms with E-state index in [4.69, 9.17) is 9.15 Å². The van der Waals surface area contributed by atoms with Gasteiger partial charge in [0.25, 0.3) is 0 Å². The SMILES string of the molecule is c1ccc(-n2c3ccccc3c3ccc(N(c4ccc5c6c(cccc46)C4(c6ccccc6Oc6ccccc64)c4ccccc4-5)c4cccc5oc6ccccc6c45)cc32)cc1. The molecule has 1 aliphatic heterocycles. The maximum absolute atomic E-state index is 6.73. The van der Waals surface area contributed by atoms with Crippen LogP contribution in [0, 0.1) is 0 Å². The minimum Gasteiger partial charge on any atom is -0.457 e. The van der Waals surface area contributed by atoms with E-state index in [-0.39, 0.29) is 0 Å². The molecule has 63 heavy (non-hydrogen) atoms. The highest BCUT2D eigenvalue weighted by molar-refractivity contribution is 6.18. The molecule has 0 amide bonds. The van der Waals surface area contributed by atoms with Crippen molar-refractivity contribution < 1.29 is 9.15 Å². The number of fused-ring (bicyclic) bond motifs is 14. The van der Waals surface area contributed by atoms with Crippen molar-refractivity contribution in [1.29, 1.82) is 0 Å². The summed E-state index contributed by atoms with van der Waals surface area (Å²) in [6.07, 6.45) is 0. The highest BCUT2D eigenvalue weighted by atomic mass is 16.5. The van der Waals surface area contributed by atoms with Gasteiger partial charge in [-0.2, -0.15) is 0 Å². The summed E-state index contributed by atoms with van der Waals surface area (Å²) in [5, 5.41) is 6.98. The predicted molar refractivity (Wildman–Crippen MR) is 258 cm³/mol. The normalized spacial score (nSPS) is 13.3. The van der Waals surface area contributed by atoms with Gasteiger partial charge in [0.05, 0.1) is 33.2 Å². The molecule has 4 heteroatoms. The number of para-hydroxylation sites is 5. The number of nitrogens with zero attached hydrogens (tertiary/aromatic N) is 2. The molecule has 10 aromatic carbocycles. The lowest BCUT2D eigenvalue weighted by Crippen LogP contribution is -2.36. The molecular formula is C59H36N2O2. The maximum Gasteiger partial charge on any atom is 0.137 e. The van der Waals surface area contributed by atoms with E-state index in [2.05, 4.69) is 222 Å². The van der Waals surface area contributed by atoms with Crippen LogP contribution in [0.1, 0.15) is 22.3 Å². The first-order chi connectivity index (χ1) is 31.3. The molecule has 12 aromatic rings. The number of aromatic nitrogens is 1. The fraction of sp³-hybridized carbons (Fsp3) is 0.0169. The molecule has 2 aliphatic rings. The van der Waals surface area contributed by atoms with E-state index < -0.39 is 5.41 Å². The number of anilines is 3. The van der Waals surface area contributed by atoms with Crippen LogP contribution in [-0.2, 0) is 5.41 Å². The Bertz CT molecular complexity index is 3810. The van der Waals surface area contributed by atoms with Gasteiger partial charge in [0.2, 0.25) is 0 Å².